The lowest BCUT2D eigenvalue weighted by atomic mass is 9.96. The predicted octanol–water partition coefficient (Wildman–Crippen LogP) is 2.80. The van der Waals surface area contributed by atoms with Crippen LogP contribution >= 0.6 is 0 Å². The molecule has 0 aromatic carbocycles. The molecule has 0 unspecified atom stereocenters. The standard InChI is InChI=1S/C11H15NO/c1-4-11(13)9-5-6-12-7-10(9)8(2)3/h5-8H,4H2,1-3H3. The third-order valence-electron chi connectivity index (χ3n) is 2.10. The van der Waals surface area contributed by atoms with E-state index in [0.29, 0.717) is 12.3 Å². The van der Waals surface area contributed by atoms with E-state index in [0.717, 1.165) is 11.1 Å². The molecule has 0 atom stereocenters. The van der Waals surface area contributed by atoms with Gasteiger partial charge in [0.05, 0.1) is 0 Å². The first-order valence-corrected chi connectivity index (χ1v) is 4.64. The van der Waals surface area contributed by atoms with Gasteiger partial charge in [0.1, 0.15) is 0 Å². The Morgan fingerprint density at radius 2 is 2.23 bits per heavy atom. The van der Waals surface area contributed by atoms with E-state index in [1.54, 1.807) is 18.5 Å². The highest BCUT2D eigenvalue weighted by Gasteiger charge is 2.11. The highest BCUT2D eigenvalue weighted by Crippen LogP contribution is 2.18. The van der Waals surface area contributed by atoms with Crippen molar-refractivity contribution in [3.8, 4) is 0 Å². The van der Waals surface area contributed by atoms with Crippen LogP contribution in [0.3, 0.4) is 0 Å². The average molecular weight is 177 g/mol. The van der Waals surface area contributed by atoms with Crippen LogP contribution in [0.2, 0.25) is 0 Å². The van der Waals surface area contributed by atoms with E-state index in [-0.39, 0.29) is 5.78 Å². The molecule has 1 heterocycles. The van der Waals surface area contributed by atoms with Crippen LogP contribution in [-0.2, 0) is 0 Å². The fourth-order valence-electron chi connectivity index (χ4n) is 1.31. The van der Waals surface area contributed by atoms with Crippen LogP contribution in [0, 0.1) is 0 Å². The largest absolute Gasteiger partial charge is 0.294 e. The minimum absolute atomic E-state index is 0.200. The molecule has 70 valence electrons. The molecule has 0 aliphatic rings. The van der Waals surface area contributed by atoms with E-state index in [9.17, 15) is 4.79 Å². The molecule has 0 radical (unpaired) electrons. The molecule has 0 spiro atoms. The highest BCUT2D eigenvalue weighted by molar-refractivity contribution is 5.97. The molecule has 1 rings (SSSR count). The quantitative estimate of drug-likeness (QED) is 0.664. The Bertz CT molecular complexity index is 305. The minimum atomic E-state index is 0.200. The number of hydrogen-bond donors (Lipinski definition) is 0. The Hall–Kier alpha value is -1.18. The SMILES string of the molecule is CCC(=O)c1ccncc1C(C)C. The summed E-state index contributed by atoms with van der Waals surface area (Å²) in [6, 6.07) is 1.81. The topological polar surface area (TPSA) is 30.0 Å². The summed E-state index contributed by atoms with van der Waals surface area (Å²) in [4.78, 5) is 15.5. The Kier molecular flexibility index (Phi) is 3.18. The molecule has 0 N–H and O–H groups in total. The molecule has 2 heteroatoms. The zero-order valence-corrected chi connectivity index (χ0v) is 8.37. The van der Waals surface area contributed by atoms with Crippen LogP contribution in [0.15, 0.2) is 18.5 Å². The van der Waals surface area contributed by atoms with E-state index in [2.05, 4.69) is 18.8 Å². The van der Waals surface area contributed by atoms with Crippen molar-refractivity contribution >= 4 is 5.78 Å². The maximum atomic E-state index is 11.5. The van der Waals surface area contributed by atoms with Crippen LogP contribution in [0.1, 0.15) is 49.0 Å². The summed E-state index contributed by atoms with van der Waals surface area (Å²) in [5.41, 5.74) is 1.88. The van der Waals surface area contributed by atoms with Gasteiger partial charge in [0, 0.05) is 24.4 Å². The molecule has 0 saturated heterocycles. The number of pyridine rings is 1. The van der Waals surface area contributed by atoms with Gasteiger partial charge in [-0.05, 0) is 17.5 Å². The van der Waals surface area contributed by atoms with E-state index >= 15 is 0 Å². The lowest BCUT2D eigenvalue weighted by molar-refractivity contribution is 0.0987. The molecule has 0 saturated carbocycles. The molecule has 0 bridgehead atoms. The Labute approximate surface area is 79.0 Å². The van der Waals surface area contributed by atoms with Gasteiger partial charge in [-0.3, -0.25) is 9.78 Å². The number of carbonyl (C=O) groups is 1. The Balaban J connectivity index is 3.12. The number of hydrogen-bond acceptors (Lipinski definition) is 2. The predicted molar refractivity (Wildman–Crippen MR) is 52.9 cm³/mol. The number of carbonyl (C=O) groups excluding carboxylic acids is 1. The summed E-state index contributed by atoms with van der Waals surface area (Å²) in [7, 11) is 0. The Morgan fingerprint density at radius 1 is 1.54 bits per heavy atom. The summed E-state index contributed by atoms with van der Waals surface area (Å²) in [6.07, 6.45) is 4.02. The minimum Gasteiger partial charge on any atom is -0.294 e. The normalized spacial score (nSPS) is 10.5. The molecule has 13 heavy (non-hydrogen) atoms. The first-order valence-electron chi connectivity index (χ1n) is 4.64. The van der Waals surface area contributed by atoms with Crippen molar-refractivity contribution in [3.05, 3.63) is 29.6 Å². The number of aromatic nitrogens is 1. The first-order chi connectivity index (χ1) is 6.16. The second-order valence-corrected chi connectivity index (χ2v) is 3.39. The van der Waals surface area contributed by atoms with Crippen molar-refractivity contribution in [3.63, 3.8) is 0 Å². The number of nitrogens with zero attached hydrogens (tertiary/aromatic N) is 1. The summed E-state index contributed by atoms with van der Waals surface area (Å²) in [6.45, 7) is 6.03. The van der Waals surface area contributed by atoms with E-state index < -0.39 is 0 Å². The van der Waals surface area contributed by atoms with Gasteiger partial charge in [-0.1, -0.05) is 20.8 Å². The van der Waals surface area contributed by atoms with Crippen molar-refractivity contribution in [1.29, 1.82) is 0 Å². The van der Waals surface area contributed by atoms with Gasteiger partial charge < -0.3 is 0 Å². The van der Waals surface area contributed by atoms with Gasteiger partial charge in [-0.2, -0.15) is 0 Å². The molecular weight excluding hydrogens is 162 g/mol. The second kappa shape index (κ2) is 4.17. The van der Waals surface area contributed by atoms with E-state index in [1.165, 1.54) is 0 Å². The lowest BCUT2D eigenvalue weighted by Crippen LogP contribution is -2.04. The number of rotatable bonds is 3. The van der Waals surface area contributed by atoms with Gasteiger partial charge in [0.15, 0.2) is 5.78 Å². The number of ketones is 1. The molecule has 0 aliphatic carbocycles. The Morgan fingerprint density at radius 3 is 2.77 bits per heavy atom. The molecule has 0 aliphatic heterocycles. The van der Waals surface area contributed by atoms with Crippen molar-refractivity contribution in [2.24, 2.45) is 0 Å². The lowest BCUT2D eigenvalue weighted by Gasteiger charge is -2.09. The highest BCUT2D eigenvalue weighted by atomic mass is 16.1. The monoisotopic (exact) mass is 177 g/mol. The summed E-state index contributed by atoms with van der Waals surface area (Å²) in [5, 5.41) is 0. The smallest absolute Gasteiger partial charge is 0.162 e. The van der Waals surface area contributed by atoms with Gasteiger partial charge >= 0.3 is 0 Å². The third-order valence-corrected chi connectivity index (χ3v) is 2.10. The van der Waals surface area contributed by atoms with Crippen LogP contribution < -0.4 is 0 Å². The third kappa shape index (κ3) is 2.14. The fraction of sp³-hybridized carbons (Fsp3) is 0.455. The van der Waals surface area contributed by atoms with Crippen molar-refractivity contribution < 1.29 is 4.79 Å². The molecule has 0 fully saturated rings. The van der Waals surface area contributed by atoms with Crippen molar-refractivity contribution in [2.75, 3.05) is 0 Å². The molecule has 1 aromatic rings. The average Bonchev–Trinajstić information content (AvgIpc) is 2.16. The summed E-state index contributed by atoms with van der Waals surface area (Å²) in [5.74, 6) is 0.560. The fourth-order valence-corrected chi connectivity index (χ4v) is 1.31. The molecular formula is C11H15NO. The maximum Gasteiger partial charge on any atom is 0.162 e. The maximum absolute atomic E-state index is 11.5. The first kappa shape index (κ1) is 9.90. The van der Waals surface area contributed by atoms with Crippen LogP contribution in [0.4, 0.5) is 0 Å². The van der Waals surface area contributed by atoms with Crippen molar-refractivity contribution in [2.45, 2.75) is 33.1 Å². The van der Waals surface area contributed by atoms with Gasteiger partial charge in [0.25, 0.3) is 0 Å². The zero-order chi connectivity index (χ0) is 9.84. The zero-order valence-electron chi connectivity index (χ0n) is 8.37. The molecule has 0 amide bonds. The van der Waals surface area contributed by atoms with Gasteiger partial charge in [0.2, 0.25) is 0 Å². The second-order valence-electron chi connectivity index (χ2n) is 3.39. The van der Waals surface area contributed by atoms with Crippen LogP contribution in [0.5, 0.6) is 0 Å². The summed E-state index contributed by atoms with van der Waals surface area (Å²) < 4.78 is 0. The van der Waals surface area contributed by atoms with E-state index in [1.807, 2.05) is 6.92 Å². The van der Waals surface area contributed by atoms with E-state index in [4.69, 9.17) is 0 Å². The van der Waals surface area contributed by atoms with Gasteiger partial charge in [-0.15, -0.1) is 0 Å². The van der Waals surface area contributed by atoms with Crippen LogP contribution in [0.25, 0.3) is 0 Å². The van der Waals surface area contributed by atoms with Crippen molar-refractivity contribution in [1.82, 2.24) is 4.98 Å². The molecule has 1 aromatic heterocycles. The van der Waals surface area contributed by atoms with Crippen LogP contribution in [-0.4, -0.2) is 10.8 Å². The van der Waals surface area contributed by atoms with Gasteiger partial charge in [-0.25, -0.2) is 0 Å². The molecule has 2 nitrogen and oxygen atoms in total. The number of Topliss-reactive ketones (excluding diaryl/α,β-unsaturated/α-hetero) is 1. The summed E-state index contributed by atoms with van der Waals surface area (Å²) >= 11 is 0.